The number of ether oxygens (including phenoxy) is 1. The number of amides is 1. The summed E-state index contributed by atoms with van der Waals surface area (Å²) >= 11 is 0. The van der Waals surface area contributed by atoms with Crippen molar-refractivity contribution in [3.8, 4) is 11.1 Å². The van der Waals surface area contributed by atoms with Gasteiger partial charge in [0, 0.05) is 11.8 Å². The fourth-order valence-corrected chi connectivity index (χ4v) is 2.82. The first-order valence-electron chi connectivity index (χ1n) is 7.74. The Morgan fingerprint density at radius 3 is 2.62 bits per heavy atom. The first-order chi connectivity index (χ1) is 11.5. The normalized spacial score (nSPS) is 23.0. The molecule has 0 bridgehead atoms. The standard InChI is InChI=1S/C18H18N2O4/c1-11-7-15(24-16(11)18(22)23)17(21)20-14-8-13(9-19-10-14)12-5-3-2-4-6-12/h2-6,8-11,15-16H,7H2,1H3,(H,20,21)(H,22,23)/t11-,15-,16-/m1/s1. The zero-order valence-electron chi connectivity index (χ0n) is 13.2. The fourth-order valence-electron chi connectivity index (χ4n) is 2.82. The third-order valence-electron chi connectivity index (χ3n) is 4.06. The molecule has 1 aliphatic heterocycles. The molecule has 3 rings (SSSR count). The van der Waals surface area contributed by atoms with Crippen LogP contribution in [0.4, 0.5) is 5.69 Å². The van der Waals surface area contributed by atoms with Crippen molar-refractivity contribution in [2.75, 3.05) is 5.32 Å². The Kier molecular flexibility index (Phi) is 4.57. The molecule has 2 aromatic rings. The monoisotopic (exact) mass is 326 g/mol. The summed E-state index contributed by atoms with van der Waals surface area (Å²) in [5, 5.41) is 11.8. The van der Waals surface area contributed by atoms with E-state index in [1.807, 2.05) is 36.4 Å². The minimum atomic E-state index is -1.04. The van der Waals surface area contributed by atoms with Crippen LogP contribution in [0.5, 0.6) is 0 Å². The Morgan fingerprint density at radius 1 is 1.21 bits per heavy atom. The van der Waals surface area contributed by atoms with E-state index in [0.29, 0.717) is 12.1 Å². The first-order valence-corrected chi connectivity index (χ1v) is 7.74. The zero-order valence-corrected chi connectivity index (χ0v) is 13.2. The summed E-state index contributed by atoms with van der Waals surface area (Å²) < 4.78 is 5.35. The fraction of sp³-hybridized carbons (Fsp3) is 0.278. The molecule has 124 valence electrons. The van der Waals surface area contributed by atoms with Gasteiger partial charge in [-0.15, -0.1) is 0 Å². The van der Waals surface area contributed by atoms with Crippen LogP contribution in [0.3, 0.4) is 0 Å². The van der Waals surface area contributed by atoms with Crippen molar-refractivity contribution in [2.24, 2.45) is 5.92 Å². The van der Waals surface area contributed by atoms with Crippen LogP contribution in [0.2, 0.25) is 0 Å². The molecular formula is C18H18N2O4. The minimum Gasteiger partial charge on any atom is -0.479 e. The van der Waals surface area contributed by atoms with E-state index in [0.717, 1.165) is 11.1 Å². The largest absolute Gasteiger partial charge is 0.479 e. The van der Waals surface area contributed by atoms with Crippen LogP contribution in [-0.4, -0.2) is 34.2 Å². The number of rotatable bonds is 4. The number of pyridine rings is 1. The number of carbonyl (C=O) groups excluding carboxylic acids is 1. The summed E-state index contributed by atoms with van der Waals surface area (Å²) in [5.74, 6) is -1.59. The van der Waals surface area contributed by atoms with Gasteiger partial charge >= 0.3 is 5.97 Å². The van der Waals surface area contributed by atoms with Gasteiger partial charge < -0.3 is 15.2 Å². The van der Waals surface area contributed by atoms with Crippen molar-refractivity contribution in [2.45, 2.75) is 25.6 Å². The van der Waals surface area contributed by atoms with Gasteiger partial charge in [-0.3, -0.25) is 9.78 Å². The average molecular weight is 326 g/mol. The van der Waals surface area contributed by atoms with E-state index in [-0.39, 0.29) is 11.8 Å². The van der Waals surface area contributed by atoms with E-state index in [9.17, 15) is 9.59 Å². The second kappa shape index (κ2) is 6.80. The Labute approximate surface area is 139 Å². The molecule has 6 heteroatoms. The van der Waals surface area contributed by atoms with Crippen LogP contribution in [-0.2, 0) is 14.3 Å². The molecule has 3 atom stereocenters. The SMILES string of the molecule is C[C@@H]1C[C@H](C(=O)Nc2cncc(-c3ccccc3)c2)O[C@H]1C(=O)O. The molecule has 1 aromatic carbocycles. The van der Waals surface area contributed by atoms with Gasteiger partial charge in [-0.1, -0.05) is 37.3 Å². The molecule has 0 saturated carbocycles. The average Bonchev–Trinajstić information content (AvgIpc) is 2.98. The lowest BCUT2D eigenvalue weighted by Gasteiger charge is -2.12. The predicted molar refractivity (Wildman–Crippen MR) is 88.4 cm³/mol. The van der Waals surface area contributed by atoms with E-state index in [2.05, 4.69) is 10.3 Å². The predicted octanol–water partition coefficient (Wildman–Crippen LogP) is 2.57. The van der Waals surface area contributed by atoms with Crippen molar-refractivity contribution >= 4 is 17.6 Å². The highest BCUT2D eigenvalue weighted by molar-refractivity contribution is 5.95. The second-order valence-electron chi connectivity index (χ2n) is 5.91. The van der Waals surface area contributed by atoms with E-state index < -0.39 is 18.2 Å². The van der Waals surface area contributed by atoms with Crippen LogP contribution >= 0.6 is 0 Å². The molecule has 1 aromatic heterocycles. The van der Waals surface area contributed by atoms with Crippen molar-refractivity contribution in [1.29, 1.82) is 0 Å². The van der Waals surface area contributed by atoms with Gasteiger partial charge in [-0.2, -0.15) is 0 Å². The summed E-state index contributed by atoms with van der Waals surface area (Å²) in [6.07, 6.45) is 1.96. The van der Waals surface area contributed by atoms with Gasteiger partial charge in [0.2, 0.25) is 0 Å². The number of hydrogen-bond donors (Lipinski definition) is 2. The maximum Gasteiger partial charge on any atom is 0.333 e. The molecule has 1 saturated heterocycles. The van der Waals surface area contributed by atoms with Gasteiger partial charge in [0.1, 0.15) is 6.10 Å². The molecule has 0 aliphatic carbocycles. The minimum absolute atomic E-state index is 0.202. The zero-order chi connectivity index (χ0) is 17.1. The summed E-state index contributed by atoms with van der Waals surface area (Å²) in [7, 11) is 0. The highest BCUT2D eigenvalue weighted by atomic mass is 16.5. The Balaban J connectivity index is 1.71. The summed E-state index contributed by atoms with van der Waals surface area (Å²) in [5.41, 5.74) is 2.44. The number of carboxylic acids is 1. The third-order valence-corrected chi connectivity index (χ3v) is 4.06. The maximum atomic E-state index is 12.3. The van der Waals surface area contributed by atoms with Gasteiger partial charge in [0.05, 0.1) is 11.9 Å². The number of aromatic nitrogens is 1. The number of hydrogen-bond acceptors (Lipinski definition) is 4. The van der Waals surface area contributed by atoms with Gasteiger partial charge in [0.25, 0.3) is 5.91 Å². The van der Waals surface area contributed by atoms with Crippen LogP contribution in [0.25, 0.3) is 11.1 Å². The van der Waals surface area contributed by atoms with Crippen molar-refractivity contribution in [1.82, 2.24) is 4.98 Å². The van der Waals surface area contributed by atoms with E-state index in [4.69, 9.17) is 9.84 Å². The maximum absolute atomic E-state index is 12.3. The number of aliphatic carboxylic acids is 1. The molecule has 1 fully saturated rings. The molecular weight excluding hydrogens is 308 g/mol. The smallest absolute Gasteiger partial charge is 0.333 e. The summed E-state index contributed by atoms with van der Waals surface area (Å²) in [4.78, 5) is 27.5. The number of anilines is 1. The highest BCUT2D eigenvalue weighted by Crippen LogP contribution is 2.28. The van der Waals surface area contributed by atoms with Gasteiger partial charge in [-0.25, -0.2) is 4.79 Å². The Bertz CT molecular complexity index is 748. The lowest BCUT2D eigenvalue weighted by Crippen LogP contribution is -2.30. The molecule has 24 heavy (non-hydrogen) atoms. The number of benzene rings is 1. The molecule has 2 N–H and O–H groups in total. The van der Waals surface area contributed by atoms with E-state index in [1.165, 1.54) is 0 Å². The second-order valence-corrected chi connectivity index (χ2v) is 5.91. The lowest BCUT2D eigenvalue weighted by molar-refractivity contribution is -0.152. The quantitative estimate of drug-likeness (QED) is 0.901. The number of carbonyl (C=O) groups is 2. The number of nitrogens with zero attached hydrogens (tertiary/aromatic N) is 1. The molecule has 1 aliphatic rings. The Morgan fingerprint density at radius 2 is 1.96 bits per heavy atom. The molecule has 2 heterocycles. The molecule has 6 nitrogen and oxygen atoms in total. The molecule has 0 unspecified atom stereocenters. The van der Waals surface area contributed by atoms with Crippen LogP contribution in [0, 0.1) is 5.92 Å². The molecule has 1 amide bonds. The van der Waals surface area contributed by atoms with Gasteiger partial charge in [-0.05, 0) is 24.0 Å². The highest BCUT2D eigenvalue weighted by Gasteiger charge is 2.40. The summed E-state index contributed by atoms with van der Waals surface area (Å²) in [6, 6.07) is 11.5. The van der Waals surface area contributed by atoms with Crippen molar-refractivity contribution in [3.05, 3.63) is 48.8 Å². The topological polar surface area (TPSA) is 88.5 Å². The van der Waals surface area contributed by atoms with Crippen LogP contribution < -0.4 is 5.32 Å². The lowest BCUT2D eigenvalue weighted by atomic mass is 10.0. The molecule has 0 radical (unpaired) electrons. The van der Waals surface area contributed by atoms with Crippen LogP contribution in [0.15, 0.2) is 48.8 Å². The van der Waals surface area contributed by atoms with Crippen molar-refractivity contribution in [3.63, 3.8) is 0 Å². The van der Waals surface area contributed by atoms with E-state index >= 15 is 0 Å². The van der Waals surface area contributed by atoms with E-state index in [1.54, 1.807) is 19.3 Å². The van der Waals surface area contributed by atoms with Crippen molar-refractivity contribution < 1.29 is 19.4 Å². The summed E-state index contributed by atoms with van der Waals surface area (Å²) in [6.45, 7) is 1.77. The molecule has 0 spiro atoms. The third kappa shape index (κ3) is 3.44. The number of nitrogens with one attached hydrogen (secondary N) is 1. The van der Waals surface area contributed by atoms with Crippen LogP contribution in [0.1, 0.15) is 13.3 Å². The Hall–Kier alpha value is -2.73. The van der Waals surface area contributed by atoms with Gasteiger partial charge in [0.15, 0.2) is 6.10 Å². The first kappa shape index (κ1) is 16.1. The number of carboxylic acid groups (broad SMARTS) is 1.